The van der Waals surface area contributed by atoms with Crippen LogP contribution in [0.3, 0.4) is 0 Å². The van der Waals surface area contributed by atoms with E-state index in [1.807, 2.05) is 0 Å². The first-order valence-corrected chi connectivity index (χ1v) is 8.91. The third kappa shape index (κ3) is 2.24. The van der Waals surface area contributed by atoms with Crippen LogP contribution in [0.5, 0.6) is 11.5 Å². The van der Waals surface area contributed by atoms with Gasteiger partial charge in [0.15, 0.2) is 11.5 Å². The third-order valence-electron chi connectivity index (χ3n) is 5.39. The second kappa shape index (κ2) is 5.76. The number of benzene rings is 2. The zero-order valence-corrected chi connectivity index (χ0v) is 14.8. The quantitative estimate of drug-likeness (QED) is 0.682. The number of carbonyl (C=O) groups excluding carboxylic acids is 2. The Morgan fingerprint density at radius 3 is 3.03 bits per heavy atom. The molecule has 1 unspecified atom stereocenters. The largest absolute Gasteiger partial charge is 0.454 e. The molecule has 1 fully saturated rings. The molecule has 2 amide bonds. The monoisotopic (exact) mass is 398 g/mol. The Kier molecular flexibility index (Phi) is 1.95. The molecular weight excluding hydrogens is 370 g/mol. The number of aromatic amines is 1. The fourth-order valence-corrected chi connectivity index (χ4v) is 4.14. The zero-order chi connectivity index (χ0) is 27.5. The molecule has 1 aromatic heterocycles. The van der Waals surface area contributed by atoms with E-state index in [2.05, 4.69) is 4.98 Å². The van der Waals surface area contributed by atoms with E-state index >= 15 is 0 Å². The predicted molar refractivity (Wildman–Crippen MR) is 105 cm³/mol. The summed E-state index contributed by atoms with van der Waals surface area (Å²) < 4.78 is 84.0. The van der Waals surface area contributed by atoms with E-state index in [9.17, 15) is 11.0 Å². The summed E-state index contributed by atoms with van der Waals surface area (Å²) in [7, 11) is 0. The number of fused-ring (bicyclic) bond motifs is 5. The number of para-hydroxylation sites is 1. The molecule has 0 bridgehead atoms. The molecule has 0 saturated carbocycles. The van der Waals surface area contributed by atoms with Crippen molar-refractivity contribution in [3.05, 3.63) is 59.2 Å². The normalized spacial score (nSPS) is 32.0. The Labute approximate surface area is 179 Å². The second-order valence-corrected chi connectivity index (χ2v) is 6.98. The smallest absolute Gasteiger partial charge is 0.245 e. The molecule has 7 heteroatoms. The van der Waals surface area contributed by atoms with Crippen LogP contribution in [0.25, 0.3) is 10.9 Å². The van der Waals surface area contributed by atoms with Gasteiger partial charge in [-0.1, -0.05) is 24.2 Å². The first kappa shape index (κ1) is 9.82. The van der Waals surface area contributed by atoms with E-state index in [0.717, 1.165) is 4.90 Å². The number of ether oxygens (including phenoxy) is 2. The standard InChI is InChI=1S/C22H19N3O4/c1-24-10-19(26)25-16(22(24)27)9-14-13-4-2-3-5-15(13)23-20(14)21(25)12-6-7-17-18(8-12)29-11-28-17/h2-8,16,21,23H,9-11H2,1H3/t16-,21?/m1/s1/i1D3,6D,7D,8D,11D2,16D. The molecule has 1 saturated heterocycles. The van der Waals surface area contributed by atoms with Crippen LogP contribution in [0.15, 0.2) is 42.4 Å². The van der Waals surface area contributed by atoms with Gasteiger partial charge in [0.1, 0.15) is 8.76 Å². The molecule has 0 aliphatic carbocycles. The summed E-state index contributed by atoms with van der Waals surface area (Å²) in [6.45, 7) is -6.54. The predicted octanol–water partition coefficient (Wildman–Crippen LogP) is 2.21. The van der Waals surface area contributed by atoms with Crippen LogP contribution in [0.2, 0.25) is 0 Å². The van der Waals surface area contributed by atoms with Crippen LogP contribution in [0, 0.1) is 0 Å². The van der Waals surface area contributed by atoms with Gasteiger partial charge >= 0.3 is 0 Å². The maximum atomic E-state index is 13.6. The number of H-pyrrole nitrogens is 1. The van der Waals surface area contributed by atoms with Crippen molar-refractivity contribution >= 4 is 22.7 Å². The Morgan fingerprint density at radius 2 is 2.14 bits per heavy atom. The highest BCUT2D eigenvalue weighted by molar-refractivity contribution is 5.97. The zero-order valence-electron chi connectivity index (χ0n) is 23.8. The minimum absolute atomic E-state index is 0.289. The lowest BCUT2D eigenvalue weighted by atomic mass is 9.86. The second-order valence-electron chi connectivity index (χ2n) is 6.98. The summed E-state index contributed by atoms with van der Waals surface area (Å²) in [6, 6.07) is 1.27. The van der Waals surface area contributed by atoms with E-state index in [-0.39, 0.29) is 12.0 Å². The summed E-state index contributed by atoms with van der Waals surface area (Å²) in [5.74, 6) is -2.94. The number of hydrogen-bond donors (Lipinski definition) is 1. The number of carbonyl (C=O) groups is 2. The highest BCUT2D eigenvalue weighted by Crippen LogP contribution is 2.44. The maximum absolute atomic E-state index is 13.6. The molecule has 1 N–H and O–H groups in total. The van der Waals surface area contributed by atoms with Crippen LogP contribution < -0.4 is 9.47 Å². The minimum atomic E-state index is -2.98. The number of nitrogens with one attached hydrogen (secondary N) is 1. The number of nitrogens with zero attached hydrogens (tertiary/aromatic N) is 2. The number of piperazine rings is 1. The van der Waals surface area contributed by atoms with E-state index in [0.29, 0.717) is 27.1 Å². The van der Waals surface area contributed by atoms with Crippen LogP contribution in [0.4, 0.5) is 0 Å². The highest BCUT2D eigenvalue weighted by atomic mass is 16.7. The third-order valence-corrected chi connectivity index (χ3v) is 5.39. The van der Waals surface area contributed by atoms with Gasteiger partial charge in [0, 0.05) is 34.1 Å². The van der Waals surface area contributed by atoms with Crippen LogP contribution in [-0.4, -0.2) is 52.9 Å². The van der Waals surface area contributed by atoms with Crippen molar-refractivity contribution in [3.8, 4) is 11.5 Å². The van der Waals surface area contributed by atoms with Crippen LogP contribution in [0.1, 0.15) is 35.2 Å². The number of amides is 2. The molecule has 0 spiro atoms. The summed E-state index contributed by atoms with van der Waals surface area (Å²) >= 11 is 0. The summed E-state index contributed by atoms with van der Waals surface area (Å²) in [4.78, 5) is 31.5. The van der Waals surface area contributed by atoms with Gasteiger partial charge in [-0.05, 0) is 29.3 Å². The lowest BCUT2D eigenvalue weighted by Gasteiger charge is -2.46. The minimum Gasteiger partial charge on any atom is -0.454 e. The Balaban J connectivity index is 1.66. The first-order valence-electron chi connectivity index (χ1n) is 13.4. The number of likely N-dealkylation sites (N-methyl/N-ethyl adjacent to an activating group) is 1. The fraction of sp³-hybridized carbons (Fsp3) is 0.273. The van der Waals surface area contributed by atoms with Crippen molar-refractivity contribution in [2.75, 3.05) is 20.3 Å². The average Bonchev–Trinajstić information content (AvgIpc) is 3.36. The molecule has 3 aliphatic rings. The fourth-order valence-electron chi connectivity index (χ4n) is 4.14. The van der Waals surface area contributed by atoms with Gasteiger partial charge in [0.2, 0.25) is 18.6 Å². The maximum Gasteiger partial charge on any atom is 0.245 e. The number of rotatable bonds is 1. The summed E-state index contributed by atoms with van der Waals surface area (Å²) in [5.41, 5.74) is 1.01. The van der Waals surface area contributed by atoms with Crippen molar-refractivity contribution in [2.45, 2.75) is 18.5 Å². The van der Waals surface area contributed by atoms with E-state index in [1.165, 1.54) is 0 Å². The molecule has 146 valence electrons. The number of aromatic nitrogens is 1. The van der Waals surface area contributed by atoms with Gasteiger partial charge < -0.3 is 24.3 Å². The lowest BCUT2D eigenvalue weighted by Crippen LogP contribution is -2.62. The lowest BCUT2D eigenvalue weighted by molar-refractivity contribution is -0.157. The topological polar surface area (TPSA) is 74.9 Å². The van der Waals surface area contributed by atoms with Crippen LogP contribution in [-0.2, 0) is 16.0 Å². The van der Waals surface area contributed by atoms with Crippen molar-refractivity contribution in [2.24, 2.45) is 0 Å². The molecule has 7 nitrogen and oxygen atoms in total. The van der Waals surface area contributed by atoms with Crippen molar-refractivity contribution in [1.29, 1.82) is 0 Å². The first-order chi connectivity index (χ1) is 17.7. The van der Waals surface area contributed by atoms with Gasteiger partial charge in [-0.3, -0.25) is 9.59 Å². The molecule has 29 heavy (non-hydrogen) atoms. The molecule has 0 radical (unpaired) electrons. The van der Waals surface area contributed by atoms with Gasteiger partial charge in [-0.2, -0.15) is 0 Å². The van der Waals surface area contributed by atoms with Crippen LogP contribution >= 0.6 is 0 Å². The van der Waals surface area contributed by atoms with Gasteiger partial charge in [0.25, 0.3) is 0 Å². The SMILES string of the molecule is [2H]c1c([2H])c(C2c3[nH]c4ccccc4c3C[C@]3([2H])C(=O)N(C([2H])([2H])[2H])CC(=O)N23)c([2H])c2c1OC([2H])([2H])O2. The Bertz CT molecular complexity index is 1570. The summed E-state index contributed by atoms with van der Waals surface area (Å²) in [5, 5.41) is 0.603. The molecule has 4 heterocycles. The van der Waals surface area contributed by atoms with E-state index < -0.39 is 73.8 Å². The molecule has 2 atom stereocenters. The average molecular weight is 398 g/mol. The van der Waals surface area contributed by atoms with Crippen molar-refractivity contribution in [3.63, 3.8) is 0 Å². The molecule has 2 aromatic carbocycles. The Hall–Kier alpha value is -3.48. The summed E-state index contributed by atoms with van der Waals surface area (Å²) in [6.07, 6.45) is -0.360. The molecule has 3 aromatic rings. The molecule has 6 rings (SSSR count). The van der Waals surface area contributed by atoms with Gasteiger partial charge in [0.05, 0.1) is 18.1 Å². The number of hydrogen-bond acceptors (Lipinski definition) is 4. The van der Waals surface area contributed by atoms with Gasteiger partial charge in [-0.15, -0.1) is 0 Å². The van der Waals surface area contributed by atoms with Crippen molar-refractivity contribution < 1.29 is 31.4 Å². The van der Waals surface area contributed by atoms with Crippen molar-refractivity contribution in [1.82, 2.24) is 14.8 Å². The van der Waals surface area contributed by atoms with E-state index in [4.69, 9.17) is 20.4 Å². The highest BCUT2D eigenvalue weighted by Gasteiger charge is 2.47. The van der Waals surface area contributed by atoms with Gasteiger partial charge in [-0.25, -0.2) is 0 Å². The van der Waals surface area contributed by atoms with E-state index in [1.54, 1.807) is 24.3 Å². The molecular formula is C22H19N3O4. The molecule has 3 aliphatic heterocycles. The Morgan fingerprint density at radius 1 is 1.28 bits per heavy atom.